The number of rotatable bonds is 3. The molecule has 5 heteroatoms. The lowest BCUT2D eigenvalue weighted by Crippen LogP contribution is -2.33. The normalized spacial score (nSPS) is 11.3. The van der Waals surface area contributed by atoms with Crippen molar-refractivity contribution < 1.29 is 9.53 Å². The summed E-state index contributed by atoms with van der Waals surface area (Å²) in [4.78, 5) is 14.9. The van der Waals surface area contributed by atoms with Crippen molar-refractivity contribution in [1.82, 2.24) is 4.98 Å². The molecule has 0 amide bonds. The number of halogens is 1. The summed E-state index contributed by atoms with van der Waals surface area (Å²) < 4.78 is 4.50. The molecule has 1 rings (SSSR count). The van der Waals surface area contributed by atoms with Crippen LogP contribution in [0.5, 0.6) is 0 Å². The molecule has 1 atom stereocenters. The Morgan fingerprint density at radius 3 is 2.93 bits per heavy atom. The number of hydrogen-bond donors (Lipinski definition) is 1. The van der Waals surface area contributed by atoms with E-state index in [-0.39, 0.29) is 12.4 Å². The predicted octanol–water partition coefficient (Wildman–Crippen LogP) is 0.546. The lowest BCUT2D eigenvalue weighted by Gasteiger charge is -2.07. The first kappa shape index (κ1) is 12.9. The van der Waals surface area contributed by atoms with E-state index in [0.717, 1.165) is 5.56 Å². The highest BCUT2D eigenvalue weighted by atomic mass is 35.5. The molecule has 1 aromatic heterocycles. The Balaban J connectivity index is 0.00000169. The molecule has 1 heterocycles. The van der Waals surface area contributed by atoms with Crippen molar-refractivity contribution in [1.29, 1.82) is 0 Å². The molecule has 4 nitrogen and oxygen atoms in total. The van der Waals surface area contributed by atoms with Gasteiger partial charge in [-0.15, -0.1) is 12.4 Å². The van der Waals surface area contributed by atoms with Crippen LogP contribution in [0, 0.1) is 0 Å². The fourth-order valence-electron chi connectivity index (χ4n) is 1.01. The summed E-state index contributed by atoms with van der Waals surface area (Å²) in [5.74, 6) is -0.399. The minimum Gasteiger partial charge on any atom is -0.468 e. The van der Waals surface area contributed by atoms with Crippen LogP contribution in [0.15, 0.2) is 24.5 Å². The molecule has 14 heavy (non-hydrogen) atoms. The molecule has 0 saturated carbocycles. The van der Waals surface area contributed by atoms with Crippen molar-refractivity contribution in [3.05, 3.63) is 30.1 Å². The molecule has 0 aliphatic carbocycles. The number of hydrogen-bond acceptors (Lipinski definition) is 4. The zero-order chi connectivity index (χ0) is 9.68. The molecule has 1 aromatic rings. The standard InChI is InChI=1S/C9H12N2O2.ClH/c1-13-9(12)8(10)5-7-3-2-4-11-6-7;/h2-4,6,8H,5,10H2,1H3;1H. The smallest absolute Gasteiger partial charge is 0.322 e. The zero-order valence-corrected chi connectivity index (χ0v) is 8.66. The van der Waals surface area contributed by atoms with Crippen molar-refractivity contribution in [3.63, 3.8) is 0 Å². The van der Waals surface area contributed by atoms with E-state index < -0.39 is 12.0 Å². The number of carbonyl (C=O) groups is 1. The summed E-state index contributed by atoms with van der Waals surface area (Å²) in [6, 6.07) is 3.07. The van der Waals surface area contributed by atoms with Gasteiger partial charge in [-0.1, -0.05) is 6.07 Å². The second-order valence-corrected chi connectivity index (χ2v) is 2.70. The predicted molar refractivity (Wildman–Crippen MR) is 55.2 cm³/mol. The fourth-order valence-corrected chi connectivity index (χ4v) is 1.01. The Hall–Kier alpha value is -1.13. The second kappa shape index (κ2) is 6.34. The maximum absolute atomic E-state index is 10.9. The molecule has 0 radical (unpaired) electrons. The minimum absolute atomic E-state index is 0. The topological polar surface area (TPSA) is 65.2 Å². The first-order valence-corrected chi connectivity index (χ1v) is 3.96. The first-order valence-electron chi connectivity index (χ1n) is 3.96. The van der Waals surface area contributed by atoms with Gasteiger partial charge in [-0.25, -0.2) is 0 Å². The lowest BCUT2D eigenvalue weighted by atomic mass is 10.1. The fraction of sp³-hybridized carbons (Fsp3) is 0.333. The monoisotopic (exact) mass is 216 g/mol. The number of esters is 1. The highest BCUT2D eigenvalue weighted by Gasteiger charge is 2.13. The largest absolute Gasteiger partial charge is 0.468 e. The van der Waals surface area contributed by atoms with Gasteiger partial charge < -0.3 is 10.5 Å². The van der Waals surface area contributed by atoms with Gasteiger partial charge in [0.1, 0.15) is 6.04 Å². The maximum atomic E-state index is 10.9. The summed E-state index contributed by atoms with van der Waals surface area (Å²) >= 11 is 0. The van der Waals surface area contributed by atoms with E-state index >= 15 is 0 Å². The van der Waals surface area contributed by atoms with Gasteiger partial charge in [0.15, 0.2) is 0 Å². The molecule has 0 aromatic carbocycles. The Morgan fingerprint density at radius 2 is 2.43 bits per heavy atom. The molecular weight excluding hydrogens is 204 g/mol. The molecule has 78 valence electrons. The third-order valence-electron chi connectivity index (χ3n) is 1.68. The van der Waals surface area contributed by atoms with Crippen LogP contribution in [-0.2, 0) is 16.0 Å². The number of aromatic nitrogens is 1. The van der Waals surface area contributed by atoms with Crippen molar-refractivity contribution >= 4 is 18.4 Å². The molecule has 0 saturated heterocycles. The molecule has 2 N–H and O–H groups in total. The Kier molecular flexibility index (Phi) is 5.83. The first-order chi connectivity index (χ1) is 6.24. The number of nitrogens with two attached hydrogens (primary N) is 1. The molecule has 0 fully saturated rings. The van der Waals surface area contributed by atoms with Gasteiger partial charge in [0.25, 0.3) is 0 Å². The van der Waals surface area contributed by atoms with Crippen molar-refractivity contribution in [2.24, 2.45) is 5.73 Å². The van der Waals surface area contributed by atoms with Crippen LogP contribution in [0.4, 0.5) is 0 Å². The van der Waals surface area contributed by atoms with E-state index in [0.29, 0.717) is 6.42 Å². The number of carbonyl (C=O) groups excluding carboxylic acids is 1. The molecule has 0 aliphatic rings. The SMILES string of the molecule is COC(=O)C(N)Cc1cccnc1.Cl. The molecular formula is C9H13ClN2O2. The zero-order valence-electron chi connectivity index (χ0n) is 7.84. The average Bonchev–Trinajstić information content (AvgIpc) is 2.18. The van der Waals surface area contributed by atoms with E-state index in [1.165, 1.54) is 7.11 Å². The maximum Gasteiger partial charge on any atom is 0.322 e. The quantitative estimate of drug-likeness (QED) is 0.750. The molecule has 1 unspecified atom stereocenters. The van der Waals surface area contributed by atoms with Gasteiger partial charge in [-0.05, 0) is 18.1 Å². The van der Waals surface area contributed by atoms with Gasteiger partial charge in [-0.3, -0.25) is 9.78 Å². The minimum atomic E-state index is -0.603. The third kappa shape index (κ3) is 3.72. The summed E-state index contributed by atoms with van der Waals surface area (Å²) in [7, 11) is 1.32. The molecule has 0 bridgehead atoms. The highest BCUT2D eigenvalue weighted by molar-refractivity contribution is 5.85. The molecule has 0 aliphatic heterocycles. The van der Waals surface area contributed by atoms with Crippen LogP contribution in [0.3, 0.4) is 0 Å². The Morgan fingerprint density at radius 1 is 1.71 bits per heavy atom. The molecule has 0 spiro atoms. The van der Waals surface area contributed by atoms with E-state index in [4.69, 9.17) is 5.73 Å². The van der Waals surface area contributed by atoms with Gasteiger partial charge in [-0.2, -0.15) is 0 Å². The summed E-state index contributed by atoms with van der Waals surface area (Å²) in [5.41, 5.74) is 6.49. The number of ether oxygens (including phenoxy) is 1. The lowest BCUT2D eigenvalue weighted by molar-refractivity contribution is -0.142. The summed E-state index contributed by atoms with van der Waals surface area (Å²) in [5, 5.41) is 0. The average molecular weight is 217 g/mol. The third-order valence-corrected chi connectivity index (χ3v) is 1.68. The van der Waals surface area contributed by atoms with E-state index in [1.54, 1.807) is 18.5 Å². The van der Waals surface area contributed by atoms with Crippen LogP contribution in [0.2, 0.25) is 0 Å². The van der Waals surface area contributed by atoms with Gasteiger partial charge in [0.05, 0.1) is 7.11 Å². The van der Waals surface area contributed by atoms with Gasteiger partial charge >= 0.3 is 5.97 Å². The van der Waals surface area contributed by atoms with Crippen LogP contribution >= 0.6 is 12.4 Å². The van der Waals surface area contributed by atoms with Crippen LogP contribution in [0.1, 0.15) is 5.56 Å². The highest BCUT2D eigenvalue weighted by Crippen LogP contribution is 2.00. The van der Waals surface area contributed by atoms with E-state index in [2.05, 4.69) is 9.72 Å². The number of nitrogens with zero attached hydrogens (tertiary/aromatic N) is 1. The van der Waals surface area contributed by atoms with E-state index in [9.17, 15) is 4.79 Å². The second-order valence-electron chi connectivity index (χ2n) is 2.70. The number of methoxy groups -OCH3 is 1. The van der Waals surface area contributed by atoms with Crippen molar-refractivity contribution in [2.45, 2.75) is 12.5 Å². The summed E-state index contributed by atoms with van der Waals surface area (Å²) in [6.45, 7) is 0. The van der Waals surface area contributed by atoms with Crippen LogP contribution < -0.4 is 5.73 Å². The van der Waals surface area contributed by atoms with Crippen molar-refractivity contribution in [2.75, 3.05) is 7.11 Å². The van der Waals surface area contributed by atoms with Gasteiger partial charge in [0.2, 0.25) is 0 Å². The Bertz CT molecular complexity index is 279. The van der Waals surface area contributed by atoms with Crippen LogP contribution in [0.25, 0.3) is 0 Å². The van der Waals surface area contributed by atoms with Crippen LogP contribution in [-0.4, -0.2) is 24.1 Å². The van der Waals surface area contributed by atoms with E-state index in [1.807, 2.05) is 6.07 Å². The number of pyridine rings is 1. The Labute approximate surface area is 88.9 Å². The van der Waals surface area contributed by atoms with Crippen molar-refractivity contribution in [3.8, 4) is 0 Å². The summed E-state index contributed by atoms with van der Waals surface area (Å²) in [6.07, 6.45) is 3.82. The van der Waals surface area contributed by atoms with Gasteiger partial charge in [0, 0.05) is 12.4 Å².